The number of carbonyl (C=O) groups is 2. The molecule has 29 heavy (non-hydrogen) atoms. The summed E-state index contributed by atoms with van der Waals surface area (Å²) in [6.45, 7) is 0. The van der Waals surface area contributed by atoms with Gasteiger partial charge in [0.05, 0.1) is 11.3 Å². The Balaban J connectivity index is 1.50. The number of anilines is 1. The molecule has 1 heterocycles. The summed E-state index contributed by atoms with van der Waals surface area (Å²) in [5.41, 5.74) is 3.73. The third-order valence-electron chi connectivity index (χ3n) is 5.03. The molecule has 0 saturated carbocycles. The average molecular weight is 422 g/mol. The van der Waals surface area contributed by atoms with Crippen molar-refractivity contribution in [2.45, 2.75) is 31.4 Å². The first-order valence-electron chi connectivity index (χ1n) is 9.88. The van der Waals surface area contributed by atoms with Gasteiger partial charge in [0.15, 0.2) is 5.78 Å². The van der Waals surface area contributed by atoms with Crippen LogP contribution >= 0.6 is 23.1 Å². The second kappa shape index (κ2) is 9.42. The molecule has 0 unspecified atom stereocenters. The molecule has 5 heteroatoms. The van der Waals surface area contributed by atoms with Gasteiger partial charge in [-0.25, -0.2) is 0 Å². The van der Waals surface area contributed by atoms with Gasteiger partial charge in [-0.05, 0) is 36.8 Å². The lowest BCUT2D eigenvalue weighted by Crippen LogP contribution is -2.16. The molecule has 2 aromatic carbocycles. The van der Waals surface area contributed by atoms with E-state index < -0.39 is 0 Å². The van der Waals surface area contributed by atoms with E-state index >= 15 is 0 Å². The molecule has 3 nitrogen and oxygen atoms in total. The molecule has 4 rings (SSSR count). The molecule has 0 atom stereocenters. The van der Waals surface area contributed by atoms with Gasteiger partial charge < -0.3 is 5.32 Å². The highest BCUT2D eigenvalue weighted by Gasteiger charge is 2.26. The zero-order valence-electron chi connectivity index (χ0n) is 16.1. The van der Waals surface area contributed by atoms with Gasteiger partial charge in [0.25, 0.3) is 0 Å². The Hall–Kier alpha value is -2.37. The highest BCUT2D eigenvalue weighted by atomic mass is 32.2. The summed E-state index contributed by atoms with van der Waals surface area (Å²) in [7, 11) is 0. The molecule has 0 fully saturated rings. The fraction of sp³-hybridized carbons (Fsp3) is 0.250. The number of benzene rings is 2. The van der Waals surface area contributed by atoms with Gasteiger partial charge in [0.2, 0.25) is 5.91 Å². The highest BCUT2D eigenvalue weighted by Crippen LogP contribution is 2.39. The van der Waals surface area contributed by atoms with Crippen molar-refractivity contribution < 1.29 is 9.59 Å². The maximum Gasteiger partial charge on any atom is 0.234 e. The van der Waals surface area contributed by atoms with E-state index in [-0.39, 0.29) is 11.7 Å². The van der Waals surface area contributed by atoms with Crippen LogP contribution in [-0.2, 0) is 23.4 Å². The summed E-state index contributed by atoms with van der Waals surface area (Å²) in [5.74, 6) is 1.13. The van der Waals surface area contributed by atoms with Gasteiger partial charge in [-0.2, -0.15) is 0 Å². The van der Waals surface area contributed by atoms with Crippen molar-refractivity contribution in [1.29, 1.82) is 0 Å². The molecule has 0 spiro atoms. The molecule has 0 bridgehead atoms. The van der Waals surface area contributed by atoms with Crippen molar-refractivity contribution in [3.8, 4) is 0 Å². The third kappa shape index (κ3) is 4.80. The predicted molar refractivity (Wildman–Crippen MR) is 122 cm³/mol. The van der Waals surface area contributed by atoms with Gasteiger partial charge in [-0.15, -0.1) is 23.1 Å². The summed E-state index contributed by atoms with van der Waals surface area (Å²) < 4.78 is 0. The number of rotatable bonds is 7. The summed E-state index contributed by atoms with van der Waals surface area (Å²) in [6.07, 6.45) is 4.15. The van der Waals surface area contributed by atoms with Crippen LogP contribution in [0.15, 0.2) is 60.7 Å². The number of hydrogen-bond acceptors (Lipinski definition) is 4. The normalized spacial score (nSPS) is 13.0. The Morgan fingerprint density at radius 2 is 1.62 bits per heavy atom. The second-order valence-corrected chi connectivity index (χ2v) is 9.23. The maximum atomic E-state index is 13.2. The molecule has 0 aliphatic heterocycles. The van der Waals surface area contributed by atoms with Crippen LogP contribution in [0.4, 0.5) is 5.00 Å². The molecule has 1 aliphatic rings. The Bertz CT molecular complexity index is 996. The molecule has 1 aliphatic carbocycles. The molecule has 148 valence electrons. The fourth-order valence-corrected chi connectivity index (χ4v) is 5.72. The van der Waals surface area contributed by atoms with Crippen molar-refractivity contribution in [1.82, 2.24) is 0 Å². The fourth-order valence-electron chi connectivity index (χ4n) is 3.63. The van der Waals surface area contributed by atoms with Crippen LogP contribution in [0.2, 0.25) is 0 Å². The smallest absolute Gasteiger partial charge is 0.234 e. The molecule has 1 aromatic heterocycles. The van der Waals surface area contributed by atoms with Gasteiger partial charge in [0.1, 0.15) is 5.00 Å². The standard InChI is InChI=1S/C24H23NO2S2/c26-21(16-28-15-17-9-3-1-4-10-17)25-24-22(19-13-7-8-14-20(19)29-24)23(27)18-11-5-2-6-12-18/h1-6,9-12H,7-8,13-16H2,(H,25,26). The van der Waals surface area contributed by atoms with Crippen LogP contribution in [0, 0.1) is 0 Å². The average Bonchev–Trinajstić information content (AvgIpc) is 3.12. The number of thioether (sulfide) groups is 1. The highest BCUT2D eigenvalue weighted by molar-refractivity contribution is 7.99. The van der Waals surface area contributed by atoms with Crippen LogP contribution in [0.1, 0.15) is 44.8 Å². The van der Waals surface area contributed by atoms with E-state index in [0.29, 0.717) is 16.9 Å². The number of carbonyl (C=O) groups excluding carboxylic acids is 2. The van der Waals surface area contributed by atoms with Crippen molar-refractivity contribution >= 4 is 39.8 Å². The number of nitrogens with one attached hydrogen (secondary N) is 1. The van der Waals surface area contributed by atoms with Gasteiger partial charge in [0, 0.05) is 16.2 Å². The number of amides is 1. The number of thiophene rings is 1. The largest absolute Gasteiger partial charge is 0.316 e. The van der Waals surface area contributed by atoms with Crippen molar-refractivity contribution in [2.75, 3.05) is 11.1 Å². The maximum absolute atomic E-state index is 13.2. The Labute approximate surface area is 179 Å². The van der Waals surface area contributed by atoms with Crippen molar-refractivity contribution in [3.63, 3.8) is 0 Å². The molecular weight excluding hydrogens is 398 g/mol. The molecular formula is C24H23NO2S2. The zero-order chi connectivity index (χ0) is 20.1. The minimum absolute atomic E-state index is 0.0113. The lowest BCUT2D eigenvalue weighted by Gasteiger charge is -2.12. The lowest BCUT2D eigenvalue weighted by atomic mass is 9.92. The lowest BCUT2D eigenvalue weighted by molar-refractivity contribution is -0.113. The monoisotopic (exact) mass is 421 g/mol. The topological polar surface area (TPSA) is 46.2 Å². The predicted octanol–water partition coefficient (Wildman–Crippen LogP) is 5.73. The summed E-state index contributed by atoms with van der Waals surface area (Å²) in [5, 5.41) is 3.76. The van der Waals surface area contributed by atoms with Crippen molar-refractivity contribution in [2.24, 2.45) is 0 Å². The molecule has 0 saturated heterocycles. The van der Waals surface area contributed by atoms with Crippen LogP contribution in [0.3, 0.4) is 0 Å². The molecule has 1 amide bonds. The zero-order valence-corrected chi connectivity index (χ0v) is 17.8. The molecule has 1 N–H and O–H groups in total. The quantitative estimate of drug-likeness (QED) is 0.496. The number of aryl methyl sites for hydroxylation is 1. The Kier molecular flexibility index (Phi) is 6.47. The summed E-state index contributed by atoms with van der Waals surface area (Å²) in [4.78, 5) is 27.1. The minimum Gasteiger partial charge on any atom is -0.316 e. The first-order chi connectivity index (χ1) is 14.2. The Morgan fingerprint density at radius 1 is 0.931 bits per heavy atom. The first-order valence-corrected chi connectivity index (χ1v) is 11.9. The van der Waals surface area contributed by atoms with E-state index in [4.69, 9.17) is 0 Å². The third-order valence-corrected chi connectivity index (χ3v) is 7.24. The number of hydrogen-bond donors (Lipinski definition) is 1. The van der Waals surface area contributed by atoms with Gasteiger partial charge >= 0.3 is 0 Å². The summed E-state index contributed by atoms with van der Waals surface area (Å²) >= 11 is 3.17. The van der Waals surface area contributed by atoms with E-state index in [2.05, 4.69) is 17.4 Å². The van der Waals surface area contributed by atoms with E-state index in [0.717, 1.165) is 42.0 Å². The van der Waals surface area contributed by atoms with Gasteiger partial charge in [-0.1, -0.05) is 60.7 Å². The minimum atomic E-state index is -0.0494. The number of ketones is 1. The van der Waals surface area contributed by atoms with Crippen LogP contribution < -0.4 is 5.32 Å². The van der Waals surface area contributed by atoms with E-state index in [9.17, 15) is 9.59 Å². The van der Waals surface area contributed by atoms with Crippen molar-refractivity contribution in [3.05, 3.63) is 87.8 Å². The Morgan fingerprint density at radius 3 is 2.38 bits per heavy atom. The van der Waals surface area contributed by atoms with Gasteiger partial charge in [-0.3, -0.25) is 9.59 Å². The molecule has 3 aromatic rings. The molecule has 0 radical (unpaired) electrons. The van der Waals surface area contributed by atoms with E-state index in [1.807, 2.05) is 48.5 Å². The second-order valence-electron chi connectivity index (χ2n) is 7.14. The SMILES string of the molecule is O=C(CSCc1ccccc1)Nc1sc2c(c1C(=O)c1ccccc1)CCCC2. The van der Waals surface area contributed by atoms with Crippen LogP contribution in [0.25, 0.3) is 0 Å². The van der Waals surface area contributed by atoms with E-state index in [1.54, 1.807) is 23.1 Å². The van der Waals surface area contributed by atoms with E-state index in [1.165, 1.54) is 10.4 Å². The number of fused-ring (bicyclic) bond motifs is 1. The summed E-state index contributed by atoms with van der Waals surface area (Å²) in [6, 6.07) is 19.5. The first kappa shape index (κ1) is 19.9. The van der Waals surface area contributed by atoms with Crippen LogP contribution in [0.5, 0.6) is 0 Å². The van der Waals surface area contributed by atoms with Crippen LogP contribution in [-0.4, -0.2) is 17.4 Å².